The molecule has 0 aromatic heterocycles. The molecule has 1 unspecified atom stereocenters. The van der Waals surface area contributed by atoms with Gasteiger partial charge in [-0.15, -0.1) is 0 Å². The molecule has 0 bridgehead atoms. The summed E-state index contributed by atoms with van der Waals surface area (Å²) in [6.07, 6.45) is 2.57. The maximum Gasteiger partial charge on any atom is 0.129 e. The lowest BCUT2D eigenvalue weighted by atomic mass is 9.85. The Balaban J connectivity index is 2.47. The number of rotatable bonds is 0. The number of benzene rings is 1. The summed E-state index contributed by atoms with van der Waals surface area (Å²) in [6, 6.07) is 2.45. The topological polar surface area (TPSA) is 0 Å². The van der Waals surface area contributed by atoms with E-state index < -0.39 is 5.82 Å². The van der Waals surface area contributed by atoms with Gasteiger partial charge in [-0.25, -0.2) is 8.78 Å². The quantitative estimate of drug-likeness (QED) is 0.578. The van der Waals surface area contributed by atoms with E-state index in [4.69, 9.17) is 0 Å². The lowest BCUT2D eigenvalue weighted by molar-refractivity contribution is 0.474. The fraction of sp³-hybridized carbons (Fsp3) is 0.455. The molecule has 0 aliphatic heterocycles. The number of hydrogen-bond donors (Lipinski definition) is 0. The third-order valence-corrected chi connectivity index (χ3v) is 2.71. The van der Waals surface area contributed by atoms with E-state index in [1.165, 1.54) is 6.07 Å². The molecule has 0 saturated heterocycles. The lowest BCUT2D eigenvalue weighted by Crippen LogP contribution is -2.13. The average molecular weight is 182 g/mol. The monoisotopic (exact) mass is 182 g/mol. The van der Waals surface area contributed by atoms with Crippen molar-refractivity contribution >= 4 is 0 Å². The highest BCUT2D eigenvalue weighted by Crippen LogP contribution is 2.27. The molecular formula is C11H12F2. The van der Waals surface area contributed by atoms with Crippen molar-refractivity contribution in [1.82, 2.24) is 0 Å². The van der Waals surface area contributed by atoms with Crippen LogP contribution in [0.1, 0.15) is 24.5 Å². The van der Waals surface area contributed by atoms with E-state index >= 15 is 0 Å². The second-order valence-corrected chi connectivity index (χ2v) is 3.87. The van der Waals surface area contributed by atoms with Crippen LogP contribution in [0.5, 0.6) is 0 Å². The Morgan fingerprint density at radius 1 is 1.31 bits per heavy atom. The summed E-state index contributed by atoms with van der Waals surface area (Å²) < 4.78 is 26.1. The van der Waals surface area contributed by atoms with Gasteiger partial charge in [0, 0.05) is 6.07 Å². The third-order valence-electron chi connectivity index (χ3n) is 2.71. The molecular weight excluding hydrogens is 170 g/mol. The van der Waals surface area contributed by atoms with Crippen molar-refractivity contribution in [1.29, 1.82) is 0 Å². The Bertz CT molecular complexity index is 331. The minimum atomic E-state index is -0.453. The third kappa shape index (κ3) is 1.58. The minimum absolute atomic E-state index is 0.373. The molecule has 13 heavy (non-hydrogen) atoms. The number of halogens is 2. The van der Waals surface area contributed by atoms with Gasteiger partial charge < -0.3 is 0 Å². The van der Waals surface area contributed by atoms with Crippen LogP contribution < -0.4 is 0 Å². The Morgan fingerprint density at radius 3 is 2.85 bits per heavy atom. The molecule has 1 aliphatic carbocycles. The van der Waals surface area contributed by atoms with Crippen LogP contribution in [0.3, 0.4) is 0 Å². The summed E-state index contributed by atoms with van der Waals surface area (Å²) in [6.45, 7) is 2.12. The van der Waals surface area contributed by atoms with Crippen molar-refractivity contribution in [3.05, 3.63) is 34.9 Å². The molecule has 1 aliphatic rings. The first-order valence-electron chi connectivity index (χ1n) is 4.63. The maximum absolute atomic E-state index is 13.2. The first-order valence-corrected chi connectivity index (χ1v) is 4.63. The van der Waals surface area contributed by atoms with Gasteiger partial charge in [0.25, 0.3) is 0 Å². The highest BCUT2D eigenvalue weighted by Gasteiger charge is 2.18. The molecule has 0 spiro atoms. The zero-order chi connectivity index (χ0) is 9.42. The molecule has 0 radical (unpaired) electrons. The molecule has 1 aromatic rings. The van der Waals surface area contributed by atoms with Crippen molar-refractivity contribution in [3.63, 3.8) is 0 Å². The van der Waals surface area contributed by atoms with Crippen molar-refractivity contribution in [2.75, 3.05) is 0 Å². The van der Waals surface area contributed by atoms with Crippen LogP contribution in [-0.2, 0) is 12.8 Å². The van der Waals surface area contributed by atoms with Gasteiger partial charge in [-0.2, -0.15) is 0 Å². The molecule has 0 amide bonds. The van der Waals surface area contributed by atoms with E-state index in [0.29, 0.717) is 5.92 Å². The smallest absolute Gasteiger partial charge is 0.129 e. The molecule has 0 fully saturated rings. The zero-order valence-electron chi connectivity index (χ0n) is 7.61. The van der Waals surface area contributed by atoms with Crippen LogP contribution in [0.25, 0.3) is 0 Å². The van der Waals surface area contributed by atoms with Crippen LogP contribution >= 0.6 is 0 Å². The highest BCUT2D eigenvalue weighted by molar-refractivity contribution is 5.31. The number of hydrogen-bond acceptors (Lipinski definition) is 0. The van der Waals surface area contributed by atoms with Crippen molar-refractivity contribution in [3.8, 4) is 0 Å². The standard InChI is InChI=1S/C11H12F2/c1-7-2-3-10-8(4-7)5-9(12)6-11(10)13/h5-7H,2-4H2,1H3. The molecule has 0 N–H and O–H groups in total. The van der Waals surface area contributed by atoms with Gasteiger partial charge >= 0.3 is 0 Å². The van der Waals surface area contributed by atoms with Gasteiger partial charge in [0.1, 0.15) is 11.6 Å². The van der Waals surface area contributed by atoms with Crippen LogP contribution in [-0.4, -0.2) is 0 Å². The molecule has 0 heterocycles. The van der Waals surface area contributed by atoms with Gasteiger partial charge in [0.05, 0.1) is 0 Å². The Kier molecular flexibility index (Phi) is 2.06. The fourth-order valence-corrected chi connectivity index (χ4v) is 1.99. The predicted molar refractivity (Wildman–Crippen MR) is 47.5 cm³/mol. The normalized spacial score (nSPS) is 21.3. The van der Waals surface area contributed by atoms with E-state index in [-0.39, 0.29) is 5.82 Å². The summed E-state index contributed by atoms with van der Waals surface area (Å²) in [7, 11) is 0. The van der Waals surface area contributed by atoms with E-state index in [2.05, 4.69) is 6.92 Å². The molecule has 70 valence electrons. The van der Waals surface area contributed by atoms with E-state index in [1.807, 2.05) is 0 Å². The van der Waals surface area contributed by atoms with Crippen LogP contribution in [0.2, 0.25) is 0 Å². The minimum Gasteiger partial charge on any atom is -0.207 e. The molecule has 0 nitrogen and oxygen atoms in total. The van der Waals surface area contributed by atoms with Gasteiger partial charge in [-0.3, -0.25) is 0 Å². The van der Waals surface area contributed by atoms with Gasteiger partial charge in [-0.1, -0.05) is 6.92 Å². The zero-order valence-corrected chi connectivity index (χ0v) is 7.61. The Hall–Kier alpha value is -0.920. The summed E-state index contributed by atoms with van der Waals surface area (Å²) in [5.74, 6) is -0.277. The summed E-state index contributed by atoms with van der Waals surface area (Å²) in [4.78, 5) is 0. The second kappa shape index (κ2) is 3.09. The van der Waals surface area contributed by atoms with E-state index in [9.17, 15) is 8.78 Å². The average Bonchev–Trinajstić information content (AvgIpc) is 2.02. The first kappa shape index (κ1) is 8.67. The largest absolute Gasteiger partial charge is 0.207 e. The Morgan fingerprint density at radius 2 is 2.08 bits per heavy atom. The van der Waals surface area contributed by atoms with Crippen LogP contribution in [0.4, 0.5) is 8.78 Å². The predicted octanol–water partition coefficient (Wildman–Crippen LogP) is 3.09. The number of fused-ring (bicyclic) bond motifs is 1. The molecule has 2 rings (SSSR count). The highest BCUT2D eigenvalue weighted by atomic mass is 19.1. The van der Waals surface area contributed by atoms with E-state index in [0.717, 1.165) is 36.5 Å². The van der Waals surface area contributed by atoms with Gasteiger partial charge in [-0.05, 0) is 42.4 Å². The van der Waals surface area contributed by atoms with Crippen molar-refractivity contribution < 1.29 is 8.78 Å². The molecule has 2 heteroatoms. The summed E-state index contributed by atoms with van der Waals surface area (Å²) in [5, 5.41) is 0. The van der Waals surface area contributed by atoms with Crippen LogP contribution in [0.15, 0.2) is 12.1 Å². The summed E-state index contributed by atoms with van der Waals surface area (Å²) >= 11 is 0. The SMILES string of the molecule is CC1CCc2c(F)cc(F)cc2C1. The first-order chi connectivity index (χ1) is 6.16. The lowest BCUT2D eigenvalue weighted by Gasteiger charge is -2.21. The molecule has 1 aromatic carbocycles. The van der Waals surface area contributed by atoms with Crippen molar-refractivity contribution in [2.45, 2.75) is 26.2 Å². The van der Waals surface area contributed by atoms with Crippen molar-refractivity contribution in [2.24, 2.45) is 5.92 Å². The van der Waals surface area contributed by atoms with Gasteiger partial charge in [0.2, 0.25) is 0 Å². The summed E-state index contributed by atoms with van der Waals surface area (Å²) in [5.41, 5.74) is 1.58. The van der Waals surface area contributed by atoms with E-state index in [1.54, 1.807) is 0 Å². The fourth-order valence-electron chi connectivity index (χ4n) is 1.99. The van der Waals surface area contributed by atoms with Crippen LogP contribution in [0, 0.1) is 17.6 Å². The Labute approximate surface area is 76.6 Å². The van der Waals surface area contributed by atoms with Gasteiger partial charge in [0.15, 0.2) is 0 Å². The second-order valence-electron chi connectivity index (χ2n) is 3.87. The maximum atomic E-state index is 13.2. The molecule has 1 atom stereocenters. The molecule has 0 saturated carbocycles.